The molecular formula is C30H23ClN4O5. The fraction of sp³-hybridized carbons (Fsp3) is 0.200. The summed E-state index contributed by atoms with van der Waals surface area (Å²) in [5.74, 6) is -3.29. The molecule has 4 heterocycles. The highest BCUT2D eigenvalue weighted by atomic mass is 35.5. The maximum Gasteiger partial charge on any atom is 0.308 e. The Morgan fingerprint density at radius 3 is 2.55 bits per heavy atom. The number of hydrogen-bond donors (Lipinski definition) is 3. The molecule has 40 heavy (non-hydrogen) atoms. The van der Waals surface area contributed by atoms with Crippen molar-refractivity contribution in [1.29, 1.82) is 0 Å². The van der Waals surface area contributed by atoms with Crippen LogP contribution in [0.25, 0.3) is 10.9 Å². The van der Waals surface area contributed by atoms with Crippen LogP contribution >= 0.6 is 11.6 Å². The Hall–Kier alpha value is -4.47. The van der Waals surface area contributed by atoms with Gasteiger partial charge in [0.2, 0.25) is 17.7 Å². The van der Waals surface area contributed by atoms with E-state index >= 15 is 0 Å². The zero-order chi connectivity index (χ0) is 27.8. The largest absolute Gasteiger partial charge is 0.427 e. The molecule has 1 spiro atoms. The maximum atomic E-state index is 14.2. The van der Waals surface area contributed by atoms with Crippen molar-refractivity contribution in [2.24, 2.45) is 11.8 Å². The third-order valence-electron chi connectivity index (χ3n) is 8.17. The molecule has 4 unspecified atom stereocenters. The third kappa shape index (κ3) is 3.38. The van der Waals surface area contributed by atoms with Crippen LogP contribution in [0.4, 0.5) is 11.4 Å². The summed E-state index contributed by atoms with van der Waals surface area (Å²) in [5.41, 5.74) is 1.79. The Morgan fingerprint density at radius 1 is 1.00 bits per heavy atom. The summed E-state index contributed by atoms with van der Waals surface area (Å²) in [6.07, 6.45) is 2.31. The first-order valence-electron chi connectivity index (χ1n) is 12.9. The van der Waals surface area contributed by atoms with Gasteiger partial charge in [0.1, 0.15) is 11.3 Å². The van der Waals surface area contributed by atoms with E-state index in [0.29, 0.717) is 34.1 Å². The number of nitrogens with zero attached hydrogens (tertiary/aromatic N) is 1. The number of benzene rings is 3. The van der Waals surface area contributed by atoms with E-state index in [0.717, 1.165) is 21.4 Å². The molecule has 0 radical (unpaired) electrons. The van der Waals surface area contributed by atoms with Gasteiger partial charge in [-0.05, 0) is 48.4 Å². The molecule has 2 fully saturated rings. The SMILES string of the molecule is CC(=O)Oc1ccc(N2C(=O)C3C(Cc4c[nH]c5ccccc45)NC4(C(=O)Nc5c(Cl)cccc54)C3C2=O)cc1. The van der Waals surface area contributed by atoms with Gasteiger partial charge in [-0.15, -0.1) is 0 Å². The highest BCUT2D eigenvalue weighted by Crippen LogP contribution is 2.55. The van der Waals surface area contributed by atoms with E-state index in [4.69, 9.17) is 16.3 Å². The van der Waals surface area contributed by atoms with Crippen molar-refractivity contribution in [3.8, 4) is 5.75 Å². The van der Waals surface area contributed by atoms with E-state index in [1.54, 1.807) is 30.3 Å². The van der Waals surface area contributed by atoms with Gasteiger partial charge >= 0.3 is 5.97 Å². The van der Waals surface area contributed by atoms with Crippen LogP contribution in [0.2, 0.25) is 5.02 Å². The number of esters is 1. The molecule has 0 aliphatic carbocycles. The zero-order valence-electron chi connectivity index (χ0n) is 21.2. The number of H-pyrrole nitrogens is 1. The molecule has 4 atom stereocenters. The summed E-state index contributed by atoms with van der Waals surface area (Å²) in [6, 6.07) is 18.7. The van der Waals surface area contributed by atoms with Gasteiger partial charge in [0.05, 0.1) is 28.2 Å². The fourth-order valence-electron chi connectivity index (χ4n) is 6.59. The molecule has 0 saturated carbocycles. The minimum absolute atomic E-state index is 0.296. The number of halogens is 1. The average molecular weight is 555 g/mol. The molecule has 0 bridgehead atoms. The second-order valence-electron chi connectivity index (χ2n) is 10.3. The zero-order valence-corrected chi connectivity index (χ0v) is 22.0. The Labute approximate surface area is 233 Å². The Kier molecular flexibility index (Phi) is 5.39. The average Bonchev–Trinajstić information content (AvgIpc) is 3.64. The van der Waals surface area contributed by atoms with Crippen LogP contribution < -0.4 is 20.3 Å². The summed E-state index contributed by atoms with van der Waals surface area (Å²) in [5, 5.41) is 7.69. The molecule has 2 saturated heterocycles. The molecule has 3 amide bonds. The topological polar surface area (TPSA) is 121 Å². The monoisotopic (exact) mass is 554 g/mol. The van der Waals surface area contributed by atoms with Crippen molar-refractivity contribution >= 4 is 57.6 Å². The number of ether oxygens (including phenoxy) is 1. The van der Waals surface area contributed by atoms with Gasteiger partial charge in [-0.25, -0.2) is 4.90 Å². The lowest BCUT2D eigenvalue weighted by Crippen LogP contribution is -2.53. The Bertz CT molecular complexity index is 1750. The number of carbonyl (C=O) groups is 4. The number of rotatable bonds is 4. The summed E-state index contributed by atoms with van der Waals surface area (Å²) in [7, 11) is 0. The lowest BCUT2D eigenvalue weighted by molar-refractivity contribution is -0.132. The second kappa shape index (κ2) is 8.77. The lowest BCUT2D eigenvalue weighted by atomic mass is 9.76. The normalized spacial score (nSPS) is 25.0. The number of aromatic nitrogens is 1. The van der Waals surface area contributed by atoms with Crippen molar-refractivity contribution in [2.75, 3.05) is 10.2 Å². The van der Waals surface area contributed by atoms with Crippen molar-refractivity contribution in [1.82, 2.24) is 10.3 Å². The minimum atomic E-state index is -1.47. The molecule has 1 aromatic heterocycles. The Morgan fingerprint density at radius 2 is 1.77 bits per heavy atom. The summed E-state index contributed by atoms with van der Waals surface area (Å²) in [4.78, 5) is 57.8. The van der Waals surface area contributed by atoms with Crippen molar-refractivity contribution in [2.45, 2.75) is 24.9 Å². The van der Waals surface area contributed by atoms with Gasteiger partial charge < -0.3 is 15.0 Å². The number of carbonyl (C=O) groups excluding carboxylic acids is 4. The number of para-hydroxylation sites is 2. The van der Waals surface area contributed by atoms with Crippen LogP contribution in [0.15, 0.2) is 72.9 Å². The van der Waals surface area contributed by atoms with E-state index in [-0.39, 0.29) is 0 Å². The van der Waals surface area contributed by atoms with E-state index in [2.05, 4.69) is 15.6 Å². The number of imide groups is 1. The van der Waals surface area contributed by atoms with Crippen molar-refractivity contribution < 1.29 is 23.9 Å². The predicted octanol–water partition coefficient (Wildman–Crippen LogP) is 3.91. The van der Waals surface area contributed by atoms with Crippen LogP contribution in [-0.2, 0) is 31.1 Å². The number of anilines is 2. The minimum Gasteiger partial charge on any atom is -0.427 e. The number of hydrogen-bond acceptors (Lipinski definition) is 6. The molecule has 200 valence electrons. The summed E-state index contributed by atoms with van der Waals surface area (Å²) < 4.78 is 5.11. The third-order valence-corrected chi connectivity index (χ3v) is 8.49. The van der Waals surface area contributed by atoms with Gasteiger partial charge in [0.15, 0.2) is 0 Å². The van der Waals surface area contributed by atoms with Gasteiger partial charge in [-0.1, -0.05) is 41.9 Å². The van der Waals surface area contributed by atoms with Gasteiger partial charge in [0.25, 0.3) is 0 Å². The molecule has 4 aromatic rings. The molecule has 9 nitrogen and oxygen atoms in total. The molecule has 10 heteroatoms. The van der Waals surface area contributed by atoms with Crippen LogP contribution in [0, 0.1) is 11.8 Å². The van der Waals surface area contributed by atoms with Gasteiger partial charge in [-0.2, -0.15) is 0 Å². The van der Waals surface area contributed by atoms with E-state index in [9.17, 15) is 19.2 Å². The fourth-order valence-corrected chi connectivity index (χ4v) is 6.81. The number of fused-ring (bicyclic) bond motifs is 5. The molecule has 3 aliphatic heterocycles. The first-order valence-corrected chi connectivity index (χ1v) is 13.3. The quantitative estimate of drug-likeness (QED) is 0.200. The maximum absolute atomic E-state index is 14.2. The van der Waals surface area contributed by atoms with Crippen LogP contribution in [0.5, 0.6) is 5.75 Å². The smallest absolute Gasteiger partial charge is 0.308 e. The summed E-state index contributed by atoms with van der Waals surface area (Å²) in [6.45, 7) is 1.29. The molecule has 3 aliphatic rings. The molecule has 3 aromatic carbocycles. The van der Waals surface area contributed by atoms with E-state index < -0.39 is 47.1 Å². The standard InChI is InChI=1S/C30H23ClN4O5/c1-15(36)40-18-11-9-17(10-12-18)35-27(37)24-23(13-16-14-32-22-8-3-2-5-19(16)22)34-30(25(24)28(35)38)20-6-4-7-21(31)26(20)33-29(30)39/h2-12,14,23-25,32,34H,13H2,1H3,(H,33,39). The van der Waals surface area contributed by atoms with Crippen LogP contribution in [0.1, 0.15) is 18.1 Å². The van der Waals surface area contributed by atoms with Crippen molar-refractivity contribution in [3.05, 3.63) is 89.1 Å². The Balaban J connectivity index is 1.34. The van der Waals surface area contributed by atoms with Crippen molar-refractivity contribution in [3.63, 3.8) is 0 Å². The van der Waals surface area contributed by atoms with E-state index in [1.165, 1.54) is 19.1 Å². The van der Waals surface area contributed by atoms with Gasteiger partial charge in [-0.3, -0.25) is 24.5 Å². The molecule has 7 rings (SSSR count). The predicted molar refractivity (Wildman–Crippen MR) is 148 cm³/mol. The second-order valence-corrected chi connectivity index (χ2v) is 10.7. The molecular weight excluding hydrogens is 532 g/mol. The highest BCUT2D eigenvalue weighted by molar-refractivity contribution is 6.35. The molecule has 3 N–H and O–H groups in total. The van der Waals surface area contributed by atoms with Crippen LogP contribution in [-0.4, -0.2) is 34.7 Å². The highest BCUT2D eigenvalue weighted by Gasteiger charge is 2.70. The number of aromatic amines is 1. The first-order chi connectivity index (χ1) is 19.3. The summed E-state index contributed by atoms with van der Waals surface area (Å²) >= 11 is 6.45. The van der Waals surface area contributed by atoms with Crippen LogP contribution in [0.3, 0.4) is 0 Å². The lowest BCUT2D eigenvalue weighted by Gasteiger charge is -2.29. The number of nitrogens with one attached hydrogen (secondary N) is 3. The van der Waals surface area contributed by atoms with E-state index in [1.807, 2.05) is 30.5 Å². The van der Waals surface area contributed by atoms with Gasteiger partial charge in [0, 0.05) is 35.6 Å². The number of amides is 3. The first kappa shape index (κ1) is 24.6.